The van der Waals surface area contributed by atoms with Crippen molar-refractivity contribution in [3.05, 3.63) is 53.3 Å². The van der Waals surface area contributed by atoms with Crippen molar-refractivity contribution >= 4 is 5.91 Å². The Kier molecular flexibility index (Phi) is 5.51. The van der Waals surface area contributed by atoms with E-state index in [0.29, 0.717) is 25.2 Å². The summed E-state index contributed by atoms with van der Waals surface area (Å²) in [7, 11) is 0. The van der Waals surface area contributed by atoms with E-state index in [4.69, 9.17) is 5.73 Å². The van der Waals surface area contributed by atoms with Crippen molar-refractivity contribution in [3.63, 3.8) is 0 Å². The fourth-order valence-corrected chi connectivity index (χ4v) is 2.27. The molecule has 0 saturated heterocycles. The Morgan fingerprint density at radius 1 is 1.33 bits per heavy atom. The van der Waals surface area contributed by atoms with Crippen molar-refractivity contribution in [1.82, 2.24) is 15.1 Å². The number of hydrogen-bond acceptors (Lipinski definition) is 3. The zero-order valence-corrected chi connectivity index (χ0v) is 12.4. The lowest BCUT2D eigenvalue weighted by Crippen LogP contribution is -2.26. The lowest BCUT2D eigenvalue weighted by molar-refractivity contribution is 0.0952. The largest absolute Gasteiger partial charge is 0.352 e. The maximum absolute atomic E-state index is 12.2. The quantitative estimate of drug-likeness (QED) is 0.759. The molecule has 0 aliphatic heterocycles. The van der Waals surface area contributed by atoms with Gasteiger partial charge in [-0.25, -0.2) is 0 Å². The number of benzene rings is 1. The first-order chi connectivity index (χ1) is 10.3. The van der Waals surface area contributed by atoms with Crippen LogP contribution in [0, 0.1) is 0 Å². The number of nitrogens with two attached hydrogens (primary N) is 1. The number of carbonyl (C=O) groups excluding carboxylic acids is 1. The van der Waals surface area contributed by atoms with E-state index in [1.165, 1.54) is 5.56 Å². The molecule has 2 aromatic rings. The van der Waals surface area contributed by atoms with Gasteiger partial charge in [0.2, 0.25) is 0 Å². The molecule has 0 atom stereocenters. The normalized spacial score (nSPS) is 10.6. The summed E-state index contributed by atoms with van der Waals surface area (Å²) in [6, 6.07) is 10.1. The van der Waals surface area contributed by atoms with E-state index in [1.54, 1.807) is 6.20 Å². The fraction of sp³-hybridized carbons (Fsp3) is 0.375. The SMILES string of the molecule is CCc1c(C(=O)NCCCN)cnn1Cc1ccccc1. The van der Waals surface area contributed by atoms with Gasteiger partial charge >= 0.3 is 0 Å². The summed E-state index contributed by atoms with van der Waals surface area (Å²) in [5.74, 6) is -0.0698. The minimum Gasteiger partial charge on any atom is -0.352 e. The molecule has 2 rings (SSSR count). The third kappa shape index (κ3) is 3.92. The zero-order chi connectivity index (χ0) is 15.1. The molecule has 1 amide bonds. The van der Waals surface area contributed by atoms with Crippen LogP contribution < -0.4 is 11.1 Å². The Bertz CT molecular complexity index is 577. The monoisotopic (exact) mass is 286 g/mol. The molecule has 112 valence electrons. The third-order valence-electron chi connectivity index (χ3n) is 3.37. The van der Waals surface area contributed by atoms with Crippen LogP contribution in [0.15, 0.2) is 36.5 Å². The topological polar surface area (TPSA) is 72.9 Å². The number of aromatic nitrogens is 2. The summed E-state index contributed by atoms with van der Waals surface area (Å²) >= 11 is 0. The van der Waals surface area contributed by atoms with Crippen LogP contribution in [0.1, 0.15) is 35.0 Å². The van der Waals surface area contributed by atoms with Gasteiger partial charge in [0.05, 0.1) is 24.0 Å². The zero-order valence-electron chi connectivity index (χ0n) is 12.4. The van der Waals surface area contributed by atoms with Gasteiger partial charge in [-0.2, -0.15) is 5.10 Å². The van der Waals surface area contributed by atoms with Crippen molar-refractivity contribution < 1.29 is 4.79 Å². The van der Waals surface area contributed by atoms with E-state index in [-0.39, 0.29) is 5.91 Å². The number of carbonyl (C=O) groups is 1. The summed E-state index contributed by atoms with van der Waals surface area (Å²) in [6.45, 7) is 3.89. The van der Waals surface area contributed by atoms with Crippen molar-refractivity contribution in [1.29, 1.82) is 0 Å². The fourth-order valence-electron chi connectivity index (χ4n) is 2.27. The van der Waals surface area contributed by atoms with Crippen molar-refractivity contribution in [3.8, 4) is 0 Å². The molecule has 21 heavy (non-hydrogen) atoms. The molecule has 0 radical (unpaired) electrons. The number of amides is 1. The summed E-state index contributed by atoms with van der Waals surface area (Å²) in [5.41, 5.74) is 8.22. The number of nitrogens with one attached hydrogen (secondary N) is 1. The number of rotatable bonds is 7. The second kappa shape index (κ2) is 7.59. The van der Waals surface area contributed by atoms with Crippen LogP contribution in [-0.2, 0) is 13.0 Å². The smallest absolute Gasteiger partial charge is 0.254 e. The van der Waals surface area contributed by atoms with Gasteiger partial charge < -0.3 is 11.1 Å². The molecule has 5 nitrogen and oxygen atoms in total. The predicted octanol–water partition coefficient (Wildman–Crippen LogP) is 1.57. The first kappa shape index (κ1) is 15.3. The van der Waals surface area contributed by atoms with Crippen LogP contribution >= 0.6 is 0 Å². The summed E-state index contributed by atoms with van der Waals surface area (Å²) in [5, 5.41) is 7.24. The van der Waals surface area contributed by atoms with Crippen molar-refractivity contribution in [2.75, 3.05) is 13.1 Å². The van der Waals surface area contributed by atoms with E-state index < -0.39 is 0 Å². The highest BCUT2D eigenvalue weighted by Gasteiger charge is 2.15. The Morgan fingerprint density at radius 3 is 2.76 bits per heavy atom. The molecule has 0 aliphatic carbocycles. The highest BCUT2D eigenvalue weighted by Crippen LogP contribution is 2.12. The van der Waals surface area contributed by atoms with Crippen molar-refractivity contribution in [2.45, 2.75) is 26.3 Å². The molecule has 1 aromatic carbocycles. The van der Waals surface area contributed by atoms with Crippen LogP contribution in [0.3, 0.4) is 0 Å². The van der Waals surface area contributed by atoms with Gasteiger partial charge in [-0.05, 0) is 24.9 Å². The van der Waals surface area contributed by atoms with Gasteiger partial charge in [0.15, 0.2) is 0 Å². The van der Waals surface area contributed by atoms with E-state index in [2.05, 4.69) is 22.5 Å². The molecule has 0 fully saturated rings. The molecule has 5 heteroatoms. The third-order valence-corrected chi connectivity index (χ3v) is 3.37. The molecule has 1 aromatic heterocycles. The van der Waals surface area contributed by atoms with Gasteiger partial charge in [0.1, 0.15) is 0 Å². The minimum absolute atomic E-state index is 0.0698. The maximum atomic E-state index is 12.2. The predicted molar refractivity (Wildman–Crippen MR) is 83.2 cm³/mol. The van der Waals surface area contributed by atoms with Gasteiger partial charge in [0, 0.05) is 6.54 Å². The molecule has 0 aliphatic rings. The second-order valence-corrected chi connectivity index (χ2v) is 4.90. The Balaban J connectivity index is 2.12. The molecular weight excluding hydrogens is 264 g/mol. The highest BCUT2D eigenvalue weighted by atomic mass is 16.1. The highest BCUT2D eigenvalue weighted by molar-refractivity contribution is 5.95. The van der Waals surface area contributed by atoms with Gasteiger partial charge in [-0.1, -0.05) is 37.3 Å². The molecule has 0 bridgehead atoms. The summed E-state index contributed by atoms with van der Waals surface area (Å²) < 4.78 is 1.90. The number of nitrogens with zero attached hydrogens (tertiary/aromatic N) is 2. The Labute approximate surface area is 125 Å². The van der Waals surface area contributed by atoms with E-state index in [0.717, 1.165) is 18.5 Å². The molecule has 0 unspecified atom stereocenters. The van der Waals surface area contributed by atoms with Crippen LogP contribution in [0.5, 0.6) is 0 Å². The van der Waals surface area contributed by atoms with Crippen LogP contribution in [-0.4, -0.2) is 28.8 Å². The van der Waals surface area contributed by atoms with Gasteiger partial charge in [-0.3, -0.25) is 9.48 Å². The molecule has 0 saturated carbocycles. The lowest BCUT2D eigenvalue weighted by atomic mass is 10.1. The second-order valence-electron chi connectivity index (χ2n) is 4.90. The maximum Gasteiger partial charge on any atom is 0.254 e. The number of hydrogen-bond donors (Lipinski definition) is 2. The standard InChI is InChI=1S/C16H22N4O/c1-2-15-14(16(21)18-10-6-9-17)11-19-20(15)12-13-7-4-3-5-8-13/h3-5,7-8,11H,2,6,9-10,12,17H2,1H3,(H,18,21). The average molecular weight is 286 g/mol. The molecule has 3 N–H and O–H groups in total. The van der Waals surface area contributed by atoms with E-state index in [9.17, 15) is 4.79 Å². The van der Waals surface area contributed by atoms with Crippen LogP contribution in [0.4, 0.5) is 0 Å². The van der Waals surface area contributed by atoms with Crippen molar-refractivity contribution in [2.24, 2.45) is 5.73 Å². The lowest BCUT2D eigenvalue weighted by Gasteiger charge is -2.08. The van der Waals surface area contributed by atoms with E-state index >= 15 is 0 Å². The average Bonchev–Trinajstić information content (AvgIpc) is 2.91. The first-order valence-electron chi connectivity index (χ1n) is 7.33. The molecule has 1 heterocycles. The molecule has 0 spiro atoms. The molecular formula is C16H22N4O. The van der Waals surface area contributed by atoms with Gasteiger partial charge in [-0.15, -0.1) is 0 Å². The van der Waals surface area contributed by atoms with Gasteiger partial charge in [0.25, 0.3) is 5.91 Å². The van der Waals surface area contributed by atoms with Crippen LogP contribution in [0.2, 0.25) is 0 Å². The summed E-state index contributed by atoms with van der Waals surface area (Å²) in [6.07, 6.45) is 3.21. The van der Waals surface area contributed by atoms with Crippen LogP contribution in [0.25, 0.3) is 0 Å². The minimum atomic E-state index is -0.0698. The van der Waals surface area contributed by atoms with E-state index in [1.807, 2.05) is 29.8 Å². The Hall–Kier alpha value is -2.14. The summed E-state index contributed by atoms with van der Waals surface area (Å²) in [4.78, 5) is 12.2. The first-order valence-corrected chi connectivity index (χ1v) is 7.33. The Morgan fingerprint density at radius 2 is 2.10 bits per heavy atom.